The molecule has 1 heteroatoms. The maximum Gasteiger partial charge on any atom is 0.0785 e. The average Bonchev–Trinajstić information content (AvgIpc) is 1.91. The first-order chi connectivity index (χ1) is 5.79. The van der Waals surface area contributed by atoms with Crippen LogP contribution in [0.3, 0.4) is 0 Å². The van der Waals surface area contributed by atoms with Gasteiger partial charge in [-0.15, -0.1) is 0 Å². The molecule has 1 saturated heterocycles. The van der Waals surface area contributed by atoms with Crippen LogP contribution in [0.5, 0.6) is 0 Å². The molecule has 1 rings (SSSR count). The van der Waals surface area contributed by atoms with Crippen LogP contribution in [0.15, 0.2) is 0 Å². The quantitative estimate of drug-likeness (QED) is 0.550. The van der Waals surface area contributed by atoms with Crippen LogP contribution in [-0.2, 0) is 0 Å². The molecular formula is C12H26N+. The zero-order chi connectivity index (χ0) is 10.1. The molecule has 0 N–H and O–H groups in total. The van der Waals surface area contributed by atoms with Crippen molar-refractivity contribution in [2.75, 3.05) is 27.2 Å². The van der Waals surface area contributed by atoms with Crippen LogP contribution in [0.2, 0.25) is 0 Å². The number of piperidine rings is 1. The minimum Gasteiger partial charge on any atom is -0.328 e. The van der Waals surface area contributed by atoms with E-state index in [2.05, 4.69) is 34.9 Å². The Morgan fingerprint density at radius 2 is 1.54 bits per heavy atom. The molecule has 0 aliphatic carbocycles. The van der Waals surface area contributed by atoms with Crippen LogP contribution < -0.4 is 0 Å². The third-order valence-corrected chi connectivity index (χ3v) is 3.19. The van der Waals surface area contributed by atoms with Gasteiger partial charge in [0.25, 0.3) is 0 Å². The van der Waals surface area contributed by atoms with Crippen LogP contribution in [0.25, 0.3) is 0 Å². The molecule has 0 bridgehead atoms. The van der Waals surface area contributed by atoms with Gasteiger partial charge < -0.3 is 4.48 Å². The van der Waals surface area contributed by atoms with E-state index in [0.29, 0.717) is 5.41 Å². The number of quaternary nitrogens is 1. The van der Waals surface area contributed by atoms with E-state index in [1.54, 1.807) is 0 Å². The summed E-state index contributed by atoms with van der Waals surface area (Å²) in [6.07, 6.45) is 4.28. The van der Waals surface area contributed by atoms with E-state index in [1.165, 1.54) is 36.8 Å². The first kappa shape index (κ1) is 11.0. The average molecular weight is 184 g/mol. The van der Waals surface area contributed by atoms with Gasteiger partial charge in [0.1, 0.15) is 0 Å². The standard InChI is InChI=1S/C12H26N/c1-12(2,3)10-11-6-8-13(4,5)9-7-11/h11H,6-10H2,1-5H3/q+1. The van der Waals surface area contributed by atoms with Crippen molar-refractivity contribution in [3.05, 3.63) is 0 Å². The number of rotatable bonds is 1. The lowest BCUT2D eigenvalue weighted by Crippen LogP contribution is -2.46. The third-order valence-electron chi connectivity index (χ3n) is 3.19. The number of hydrogen-bond donors (Lipinski definition) is 0. The van der Waals surface area contributed by atoms with Gasteiger partial charge in [-0.25, -0.2) is 0 Å². The Labute approximate surface area is 83.7 Å². The molecule has 1 fully saturated rings. The van der Waals surface area contributed by atoms with Crippen molar-refractivity contribution >= 4 is 0 Å². The summed E-state index contributed by atoms with van der Waals surface area (Å²) in [7, 11) is 4.71. The van der Waals surface area contributed by atoms with Gasteiger partial charge in [0, 0.05) is 0 Å². The summed E-state index contributed by atoms with van der Waals surface area (Å²) in [6, 6.07) is 0. The van der Waals surface area contributed by atoms with Crippen molar-refractivity contribution in [3.63, 3.8) is 0 Å². The van der Waals surface area contributed by atoms with Crippen LogP contribution in [0, 0.1) is 11.3 Å². The molecule has 0 radical (unpaired) electrons. The monoisotopic (exact) mass is 184 g/mol. The van der Waals surface area contributed by atoms with Gasteiger partial charge in [0.15, 0.2) is 0 Å². The van der Waals surface area contributed by atoms with E-state index >= 15 is 0 Å². The topological polar surface area (TPSA) is 0 Å². The Kier molecular flexibility index (Phi) is 3.06. The Balaban J connectivity index is 2.34. The fourth-order valence-electron chi connectivity index (χ4n) is 2.39. The first-order valence-corrected chi connectivity index (χ1v) is 5.61. The third kappa shape index (κ3) is 4.12. The van der Waals surface area contributed by atoms with Crippen molar-refractivity contribution in [2.45, 2.75) is 40.0 Å². The molecule has 0 atom stereocenters. The molecule has 1 heterocycles. The lowest BCUT2D eigenvalue weighted by atomic mass is 9.80. The molecule has 0 amide bonds. The van der Waals surface area contributed by atoms with Crippen LogP contribution in [0.1, 0.15) is 40.0 Å². The predicted octanol–water partition coefficient (Wildman–Crippen LogP) is 2.91. The molecule has 1 aliphatic rings. The summed E-state index contributed by atoms with van der Waals surface area (Å²) >= 11 is 0. The minimum atomic E-state index is 0.527. The van der Waals surface area contributed by atoms with E-state index in [1.807, 2.05) is 0 Å². The Hall–Kier alpha value is -0.0400. The smallest absolute Gasteiger partial charge is 0.0785 e. The first-order valence-electron chi connectivity index (χ1n) is 5.61. The van der Waals surface area contributed by atoms with E-state index in [9.17, 15) is 0 Å². The van der Waals surface area contributed by atoms with E-state index in [-0.39, 0.29) is 0 Å². The zero-order valence-corrected chi connectivity index (χ0v) is 10.1. The van der Waals surface area contributed by atoms with Crippen molar-refractivity contribution in [3.8, 4) is 0 Å². The summed E-state index contributed by atoms with van der Waals surface area (Å²) < 4.78 is 1.24. The lowest BCUT2D eigenvalue weighted by Gasteiger charge is -2.39. The molecule has 1 nitrogen and oxygen atoms in total. The van der Waals surface area contributed by atoms with E-state index in [4.69, 9.17) is 0 Å². The number of likely N-dealkylation sites (tertiary alicyclic amines) is 1. The number of nitrogens with zero attached hydrogens (tertiary/aromatic N) is 1. The highest BCUT2D eigenvalue weighted by molar-refractivity contribution is 4.71. The van der Waals surface area contributed by atoms with Crippen molar-refractivity contribution in [1.29, 1.82) is 0 Å². The second kappa shape index (κ2) is 3.61. The van der Waals surface area contributed by atoms with Gasteiger partial charge in [-0.05, 0) is 30.6 Å². The summed E-state index contributed by atoms with van der Waals surface area (Å²) in [4.78, 5) is 0. The predicted molar refractivity (Wildman–Crippen MR) is 58.6 cm³/mol. The second-order valence-electron chi connectivity index (χ2n) is 6.59. The molecule has 13 heavy (non-hydrogen) atoms. The fraction of sp³-hybridized carbons (Fsp3) is 1.00. The van der Waals surface area contributed by atoms with Crippen LogP contribution in [0.4, 0.5) is 0 Å². The molecule has 78 valence electrons. The summed E-state index contributed by atoms with van der Waals surface area (Å²) in [5, 5.41) is 0. The maximum absolute atomic E-state index is 2.36. The number of hydrogen-bond acceptors (Lipinski definition) is 0. The highest BCUT2D eigenvalue weighted by atomic mass is 15.3. The normalized spacial score (nSPS) is 24.7. The summed E-state index contributed by atoms with van der Waals surface area (Å²) in [6.45, 7) is 9.84. The molecular weight excluding hydrogens is 158 g/mol. The van der Waals surface area contributed by atoms with Gasteiger partial charge in [0.05, 0.1) is 27.2 Å². The van der Waals surface area contributed by atoms with E-state index in [0.717, 1.165) is 5.92 Å². The zero-order valence-electron chi connectivity index (χ0n) is 10.1. The second-order valence-corrected chi connectivity index (χ2v) is 6.59. The molecule has 0 aromatic rings. The molecule has 0 spiro atoms. The molecule has 0 aromatic carbocycles. The lowest BCUT2D eigenvalue weighted by molar-refractivity contribution is -0.896. The van der Waals surface area contributed by atoms with Crippen molar-refractivity contribution in [1.82, 2.24) is 0 Å². The fourth-order valence-corrected chi connectivity index (χ4v) is 2.39. The SMILES string of the molecule is CC(C)(C)CC1CC[N+](C)(C)CC1. The molecule has 0 aromatic heterocycles. The van der Waals surface area contributed by atoms with Gasteiger partial charge in [0.2, 0.25) is 0 Å². The highest BCUT2D eigenvalue weighted by Crippen LogP contribution is 2.31. The molecule has 0 saturated carbocycles. The van der Waals surface area contributed by atoms with Gasteiger partial charge >= 0.3 is 0 Å². The van der Waals surface area contributed by atoms with Gasteiger partial charge in [-0.1, -0.05) is 20.8 Å². The van der Waals surface area contributed by atoms with Crippen molar-refractivity contribution in [2.24, 2.45) is 11.3 Å². The molecule has 0 unspecified atom stereocenters. The van der Waals surface area contributed by atoms with Gasteiger partial charge in [-0.2, -0.15) is 0 Å². The largest absolute Gasteiger partial charge is 0.328 e. The summed E-state index contributed by atoms with van der Waals surface area (Å²) in [5.41, 5.74) is 0.527. The summed E-state index contributed by atoms with van der Waals surface area (Å²) in [5.74, 6) is 0.992. The van der Waals surface area contributed by atoms with Gasteiger partial charge in [-0.3, -0.25) is 0 Å². The minimum absolute atomic E-state index is 0.527. The highest BCUT2D eigenvalue weighted by Gasteiger charge is 2.28. The van der Waals surface area contributed by atoms with E-state index < -0.39 is 0 Å². The van der Waals surface area contributed by atoms with Crippen LogP contribution >= 0.6 is 0 Å². The molecule has 1 aliphatic heterocycles. The van der Waals surface area contributed by atoms with Crippen molar-refractivity contribution < 1.29 is 4.48 Å². The Bertz CT molecular complexity index is 154. The Morgan fingerprint density at radius 3 is 1.92 bits per heavy atom. The van der Waals surface area contributed by atoms with Crippen LogP contribution in [-0.4, -0.2) is 31.7 Å². The maximum atomic E-state index is 2.36. The Morgan fingerprint density at radius 1 is 1.08 bits per heavy atom.